The number of amides is 1. The zero-order valence-electron chi connectivity index (χ0n) is 9.07. The Bertz CT molecular complexity index is 406. The van der Waals surface area contributed by atoms with Crippen LogP contribution in [0.5, 0.6) is 0 Å². The van der Waals surface area contributed by atoms with E-state index in [9.17, 15) is 9.59 Å². The van der Waals surface area contributed by atoms with Crippen molar-refractivity contribution < 1.29 is 14.3 Å². The summed E-state index contributed by atoms with van der Waals surface area (Å²) in [5, 5.41) is 0.365. The van der Waals surface area contributed by atoms with Crippen LogP contribution in [0.1, 0.15) is 10.4 Å². The van der Waals surface area contributed by atoms with Gasteiger partial charge >= 0.3 is 5.97 Å². The lowest BCUT2D eigenvalue weighted by atomic mass is 10.2. The van der Waals surface area contributed by atoms with E-state index in [1.165, 1.54) is 19.1 Å². The second-order valence-corrected chi connectivity index (χ2v) is 3.62. The standard InChI is InChI=1S/C11H12ClNO3/c1-13(7-10(14)16-2)11(15)8-5-3-4-6-9(8)12/h3-6H,7H2,1-2H3. The summed E-state index contributed by atoms with van der Waals surface area (Å²) < 4.78 is 4.47. The van der Waals surface area contributed by atoms with Crippen LogP contribution < -0.4 is 0 Å². The van der Waals surface area contributed by atoms with Gasteiger partial charge in [-0.05, 0) is 12.1 Å². The SMILES string of the molecule is COC(=O)CN(C)C(=O)c1ccccc1Cl. The van der Waals surface area contributed by atoms with E-state index in [-0.39, 0.29) is 12.5 Å². The van der Waals surface area contributed by atoms with Crippen LogP contribution in [0.2, 0.25) is 5.02 Å². The maximum Gasteiger partial charge on any atom is 0.325 e. The molecule has 4 nitrogen and oxygen atoms in total. The third-order valence-corrected chi connectivity index (χ3v) is 2.37. The fourth-order valence-electron chi connectivity index (χ4n) is 1.17. The summed E-state index contributed by atoms with van der Waals surface area (Å²) in [5.74, 6) is -0.779. The van der Waals surface area contributed by atoms with Crippen molar-refractivity contribution in [2.45, 2.75) is 0 Å². The van der Waals surface area contributed by atoms with Gasteiger partial charge in [-0.15, -0.1) is 0 Å². The van der Waals surface area contributed by atoms with E-state index in [0.717, 1.165) is 0 Å². The quantitative estimate of drug-likeness (QED) is 0.755. The largest absolute Gasteiger partial charge is 0.468 e. The van der Waals surface area contributed by atoms with E-state index < -0.39 is 5.97 Å². The van der Waals surface area contributed by atoms with Gasteiger partial charge in [0.25, 0.3) is 5.91 Å². The van der Waals surface area contributed by atoms with Crippen molar-refractivity contribution in [2.75, 3.05) is 20.7 Å². The lowest BCUT2D eigenvalue weighted by molar-refractivity contribution is -0.141. The number of rotatable bonds is 3. The van der Waals surface area contributed by atoms with E-state index in [4.69, 9.17) is 11.6 Å². The van der Waals surface area contributed by atoms with E-state index >= 15 is 0 Å². The summed E-state index contributed by atoms with van der Waals surface area (Å²) in [6.45, 7) is -0.0967. The fraction of sp³-hybridized carbons (Fsp3) is 0.273. The van der Waals surface area contributed by atoms with Crippen LogP contribution in [0.15, 0.2) is 24.3 Å². The van der Waals surface area contributed by atoms with Gasteiger partial charge in [0.2, 0.25) is 0 Å². The average Bonchev–Trinajstić information content (AvgIpc) is 2.28. The number of ether oxygens (including phenoxy) is 1. The molecule has 0 aliphatic rings. The molecule has 1 amide bonds. The van der Waals surface area contributed by atoms with E-state index in [0.29, 0.717) is 10.6 Å². The van der Waals surface area contributed by atoms with Gasteiger partial charge in [0.05, 0.1) is 17.7 Å². The molecule has 0 saturated carbocycles. The van der Waals surface area contributed by atoms with Crippen molar-refractivity contribution in [3.63, 3.8) is 0 Å². The molecular weight excluding hydrogens is 230 g/mol. The first-order valence-electron chi connectivity index (χ1n) is 4.63. The van der Waals surface area contributed by atoms with Crippen LogP contribution in [0.25, 0.3) is 0 Å². The molecule has 1 aromatic carbocycles. The van der Waals surface area contributed by atoms with Crippen molar-refractivity contribution in [1.82, 2.24) is 4.90 Å². The molecule has 5 heteroatoms. The van der Waals surface area contributed by atoms with Gasteiger partial charge in [0.15, 0.2) is 0 Å². The molecule has 0 bridgehead atoms. The van der Waals surface area contributed by atoms with Gasteiger partial charge in [-0.1, -0.05) is 23.7 Å². The van der Waals surface area contributed by atoms with Crippen LogP contribution in [-0.2, 0) is 9.53 Å². The van der Waals surface area contributed by atoms with Gasteiger partial charge in [-0.3, -0.25) is 9.59 Å². The fourth-order valence-corrected chi connectivity index (χ4v) is 1.39. The van der Waals surface area contributed by atoms with Crippen LogP contribution in [0, 0.1) is 0 Å². The van der Waals surface area contributed by atoms with Gasteiger partial charge < -0.3 is 9.64 Å². The Morgan fingerprint density at radius 3 is 2.56 bits per heavy atom. The minimum absolute atomic E-state index is 0.0967. The highest BCUT2D eigenvalue weighted by Crippen LogP contribution is 2.16. The van der Waals surface area contributed by atoms with Crippen LogP contribution in [0.3, 0.4) is 0 Å². The minimum Gasteiger partial charge on any atom is -0.468 e. The summed E-state index contributed by atoms with van der Waals surface area (Å²) in [7, 11) is 2.79. The molecule has 0 N–H and O–H groups in total. The summed E-state index contributed by atoms with van der Waals surface area (Å²) in [6.07, 6.45) is 0. The molecular formula is C11H12ClNO3. The summed E-state index contributed by atoms with van der Waals surface area (Å²) >= 11 is 5.87. The molecule has 0 unspecified atom stereocenters. The maximum atomic E-state index is 11.9. The lowest BCUT2D eigenvalue weighted by Crippen LogP contribution is -2.32. The van der Waals surface area contributed by atoms with Crippen molar-refractivity contribution in [1.29, 1.82) is 0 Å². The first-order valence-corrected chi connectivity index (χ1v) is 5.01. The van der Waals surface area contributed by atoms with E-state index in [2.05, 4.69) is 4.74 Å². The molecule has 0 heterocycles. The maximum absolute atomic E-state index is 11.9. The highest BCUT2D eigenvalue weighted by atomic mass is 35.5. The van der Waals surface area contributed by atoms with Gasteiger partial charge in [0, 0.05) is 7.05 Å². The molecule has 0 radical (unpaired) electrons. The zero-order valence-corrected chi connectivity index (χ0v) is 9.82. The Morgan fingerprint density at radius 1 is 1.38 bits per heavy atom. The number of hydrogen-bond acceptors (Lipinski definition) is 3. The molecule has 0 aromatic heterocycles. The van der Waals surface area contributed by atoms with Crippen LogP contribution in [0.4, 0.5) is 0 Å². The lowest BCUT2D eigenvalue weighted by Gasteiger charge is -2.16. The molecule has 0 aliphatic heterocycles. The second kappa shape index (κ2) is 5.51. The minimum atomic E-state index is -0.470. The predicted molar refractivity (Wildman–Crippen MR) is 60.4 cm³/mol. The normalized spacial score (nSPS) is 9.69. The molecule has 16 heavy (non-hydrogen) atoms. The predicted octanol–water partition coefficient (Wildman–Crippen LogP) is 1.58. The van der Waals surface area contributed by atoms with E-state index in [1.54, 1.807) is 24.3 Å². The number of likely N-dealkylation sites (N-methyl/N-ethyl adjacent to an activating group) is 1. The number of hydrogen-bond donors (Lipinski definition) is 0. The molecule has 0 saturated heterocycles. The third kappa shape index (κ3) is 2.97. The highest BCUT2D eigenvalue weighted by Gasteiger charge is 2.16. The first-order chi connectivity index (χ1) is 7.56. The van der Waals surface area contributed by atoms with Crippen molar-refractivity contribution in [3.8, 4) is 0 Å². The topological polar surface area (TPSA) is 46.6 Å². The Balaban J connectivity index is 2.79. The van der Waals surface area contributed by atoms with Crippen LogP contribution >= 0.6 is 11.6 Å². The highest BCUT2D eigenvalue weighted by molar-refractivity contribution is 6.33. The van der Waals surface area contributed by atoms with Gasteiger partial charge in [0.1, 0.15) is 6.54 Å². The Hall–Kier alpha value is -1.55. The van der Waals surface area contributed by atoms with Gasteiger partial charge in [-0.25, -0.2) is 0 Å². The van der Waals surface area contributed by atoms with Crippen molar-refractivity contribution in [2.24, 2.45) is 0 Å². The van der Waals surface area contributed by atoms with E-state index in [1.807, 2.05) is 0 Å². The molecule has 1 rings (SSSR count). The number of esters is 1. The third-order valence-electron chi connectivity index (χ3n) is 2.04. The number of benzene rings is 1. The molecule has 86 valence electrons. The molecule has 1 aromatic rings. The number of carbonyl (C=O) groups is 2. The van der Waals surface area contributed by atoms with Crippen LogP contribution in [-0.4, -0.2) is 37.5 Å². The number of halogens is 1. The monoisotopic (exact) mass is 241 g/mol. The Kier molecular flexibility index (Phi) is 4.31. The number of nitrogens with zero attached hydrogens (tertiary/aromatic N) is 1. The number of methoxy groups -OCH3 is 1. The smallest absolute Gasteiger partial charge is 0.325 e. The Morgan fingerprint density at radius 2 is 2.00 bits per heavy atom. The number of carbonyl (C=O) groups excluding carboxylic acids is 2. The molecule has 0 atom stereocenters. The molecule has 0 aliphatic carbocycles. The molecule has 0 fully saturated rings. The Labute approximate surface area is 98.8 Å². The average molecular weight is 242 g/mol. The summed E-state index contributed by atoms with van der Waals surface area (Å²) in [4.78, 5) is 24.1. The molecule has 0 spiro atoms. The van der Waals surface area contributed by atoms with Crippen molar-refractivity contribution in [3.05, 3.63) is 34.9 Å². The first kappa shape index (κ1) is 12.5. The second-order valence-electron chi connectivity index (χ2n) is 3.22. The van der Waals surface area contributed by atoms with Crippen molar-refractivity contribution >= 4 is 23.5 Å². The summed E-state index contributed by atoms with van der Waals surface area (Å²) in [6, 6.07) is 6.68. The van der Waals surface area contributed by atoms with Gasteiger partial charge in [-0.2, -0.15) is 0 Å². The summed E-state index contributed by atoms with van der Waals surface area (Å²) in [5.41, 5.74) is 0.371. The zero-order chi connectivity index (χ0) is 12.1.